The molecule has 0 aliphatic carbocycles. The second-order valence-electron chi connectivity index (χ2n) is 6.71. The van der Waals surface area contributed by atoms with Crippen LogP contribution in [0.3, 0.4) is 0 Å². The largest absolute Gasteiger partial charge is 0.311 e. The molecule has 0 N–H and O–H groups in total. The lowest BCUT2D eigenvalue weighted by Gasteiger charge is -2.17. The summed E-state index contributed by atoms with van der Waals surface area (Å²) in [6.45, 7) is 0. The molecule has 0 saturated heterocycles. The SMILES string of the molecule is CN(C(=O)c1sc2ccccc2c1Cl)c1ccc2sc3ccccc3c(=O)c2c1. The average molecular weight is 436 g/mol. The molecule has 29 heavy (non-hydrogen) atoms. The van der Waals surface area contributed by atoms with Gasteiger partial charge in [0.25, 0.3) is 5.91 Å². The van der Waals surface area contributed by atoms with Crippen LogP contribution in [0.25, 0.3) is 30.3 Å². The Bertz CT molecular complexity index is 1490. The minimum atomic E-state index is -0.188. The second-order valence-corrected chi connectivity index (χ2v) is 9.23. The van der Waals surface area contributed by atoms with Gasteiger partial charge in [0.1, 0.15) is 4.88 Å². The van der Waals surface area contributed by atoms with Crippen LogP contribution in [-0.4, -0.2) is 13.0 Å². The van der Waals surface area contributed by atoms with Crippen LogP contribution in [-0.2, 0) is 0 Å². The number of hydrogen-bond donors (Lipinski definition) is 0. The van der Waals surface area contributed by atoms with Gasteiger partial charge in [-0.25, -0.2) is 0 Å². The van der Waals surface area contributed by atoms with Gasteiger partial charge in [-0.2, -0.15) is 0 Å². The van der Waals surface area contributed by atoms with Crippen molar-refractivity contribution < 1.29 is 4.79 Å². The molecule has 0 atom stereocenters. The van der Waals surface area contributed by atoms with E-state index in [0.29, 0.717) is 26.4 Å². The Balaban J connectivity index is 1.61. The number of halogens is 1. The highest BCUT2D eigenvalue weighted by atomic mass is 35.5. The first-order chi connectivity index (χ1) is 14.0. The third-order valence-corrected chi connectivity index (χ3v) is 7.80. The minimum absolute atomic E-state index is 0.0167. The van der Waals surface area contributed by atoms with E-state index in [0.717, 1.165) is 19.5 Å². The predicted molar refractivity (Wildman–Crippen MR) is 125 cm³/mol. The summed E-state index contributed by atoms with van der Waals surface area (Å²) in [5, 5.41) is 2.67. The molecule has 2 aromatic heterocycles. The number of anilines is 1. The second kappa shape index (κ2) is 6.95. The first kappa shape index (κ1) is 18.3. The predicted octanol–water partition coefficient (Wildman–Crippen LogP) is 6.56. The number of carbonyl (C=O) groups excluding carboxylic acids is 1. The maximum Gasteiger partial charge on any atom is 0.269 e. The molecule has 0 spiro atoms. The molecule has 0 fully saturated rings. The van der Waals surface area contributed by atoms with Gasteiger partial charge in [-0.15, -0.1) is 22.7 Å². The molecule has 5 aromatic rings. The monoisotopic (exact) mass is 435 g/mol. The van der Waals surface area contributed by atoms with Gasteiger partial charge in [0.2, 0.25) is 0 Å². The molecule has 5 rings (SSSR count). The number of amides is 1. The Morgan fingerprint density at radius 3 is 2.17 bits per heavy atom. The van der Waals surface area contributed by atoms with E-state index in [4.69, 9.17) is 11.6 Å². The van der Waals surface area contributed by atoms with Crippen molar-refractivity contribution in [2.75, 3.05) is 11.9 Å². The van der Waals surface area contributed by atoms with E-state index in [9.17, 15) is 9.59 Å². The Morgan fingerprint density at radius 2 is 1.45 bits per heavy atom. The molecule has 3 aromatic carbocycles. The van der Waals surface area contributed by atoms with E-state index >= 15 is 0 Å². The van der Waals surface area contributed by atoms with E-state index in [1.165, 1.54) is 11.3 Å². The van der Waals surface area contributed by atoms with Gasteiger partial charge >= 0.3 is 0 Å². The van der Waals surface area contributed by atoms with Crippen molar-refractivity contribution in [3.8, 4) is 0 Å². The van der Waals surface area contributed by atoms with E-state index < -0.39 is 0 Å². The summed E-state index contributed by atoms with van der Waals surface area (Å²) in [7, 11) is 1.71. The maximum atomic E-state index is 13.1. The van der Waals surface area contributed by atoms with Crippen LogP contribution >= 0.6 is 34.3 Å². The van der Waals surface area contributed by atoms with Gasteiger partial charge < -0.3 is 4.90 Å². The Kier molecular flexibility index (Phi) is 4.39. The van der Waals surface area contributed by atoms with Gasteiger partial charge in [0, 0.05) is 43.0 Å². The Labute approximate surface area is 179 Å². The topological polar surface area (TPSA) is 37.4 Å². The zero-order valence-electron chi connectivity index (χ0n) is 15.3. The molecule has 1 amide bonds. The lowest BCUT2D eigenvalue weighted by molar-refractivity contribution is 0.0997. The molecule has 0 unspecified atom stereocenters. The number of nitrogens with zero attached hydrogens (tertiary/aromatic N) is 1. The van der Waals surface area contributed by atoms with Crippen LogP contribution < -0.4 is 10.3 Å². The molecular weight excluding hydrogens is 422 g/mol. The van der Waals surface area contributed by atoms with Gasteiger partial charge in [-0.1, -0.05) is 41.9 Å². The molecule has 0 aliphatic heterocycles. The van der Waals surface area contributed by atoms with E-state index in [1.807, 2.05) is 60.7 Å². The molecule has 0 bridgehead atoms. The lowest BCUT2D eigenvalue weighted by Crippen LogP contribution is -2.25. The lowest BCUT2D eigenvalue weighted by atomic mass is 10.1. The summed E-state index contributed by atoms with van der Waals surface area (Å²) >= 11 is 9.44. The smallest absolute Gasteiger partial charge is 0.269 e. The van der Waals surface area contributed by atoms with Crippen molar-refractivity contribution in [3.05, 3.63) is 86.9 Å². The zero-order valence-corrected chi connectivity index (χ0v) is 17.7. The first-order valence-corrected chi connectivity index (χ1v) is 11.0. The molecule has 6 heteroatoms. The Morgan fingerprint density at radius 1 is 0.828 bits per heavy atom. The van der Waals surface area contributed by atoms with Crippen molar-refractivity contribution in [2.24, 2.45) is 0 Å². The average Bonchev–Trinajstić information content (AvgIpc) is 3.09. The normalized spacial score (nSPS) is 11.4. The van der Waals surface area contributed by atoms with Crippen LogP contribution in [0, 0.1) is 0 Å². The van der Waals surface area contributed by atoms with Crippen molar-refractivity contribution >= 4 is 76.1 Å². The van der Waals surface area contributed by atoms with Crippen LogP contribution in [0.2, 0.25) is 5.02 Å². The Hall–Kier alpha value is -2.73. The van der Waals surface area contributed by atoms with E-state index in [2.05, 4.69) is 0 Å². The third-order valence-electron chi connectivity index (χ3n) is 4.98. The highest BCUT2D eigenvalue weighted by Crippen LogP contribution is 2.36. The highest BCUT2D eigenvalue weighted by molar-refractivity contribution is 7.24. The summed E-state index contributed by atoms with van der Waals surface area (Å²) in [5.41, 5.74) is 0.646. The molecule has 0 aliphatic rings. The molecule has 3 nitrogen and oxygen atoms in total. The number of thiophene rings is 1. The molecule has 0 radical (unpaired) electrons. The minimum Gasteiger partial charge on any atom is -0.311 e. The third kappa shape index (κ3) is 2.94. The number of hydrogen-bond acceptors (Lipinski definition) is 4. The molecule has 2 heterocycles. The fourth-order valence-corrected chi connectivity index (χ4v) is 5.96. The van der Waals surface area contributed by atoms with E-state index in [-0.39, 0.29) is 11.3 Å². The van der Waals surface area contributed by atoms with Gasteiger partial charge in [-0.05, 0) is 36.4 Å². The summed E-state index contributed by atoms with van der Waals surface area (Å²) < 4.78 is 2.83. The molecule has 142 valence electrons. The summed E-state index contributed by atoms with van der Waals surface area (Å²) in [5.74, 6) is -0.188. The van der Waals surface area contributed by atoms with Crippen LogP contribution in [0.4, 0.5) is 5.69 Å². The van der Waals surface area contributed by atoms with Crippen molar-refractivity contribution in [1.82, 2.24) is 0 Å². The summed E-state index contributed by atoms with van der Waals surface area (Å²) in [4.78, 5) is 28.2. The number of rotatable bonds is 2. The van der Waals surface area contributed by atoms with Crippen LogP contribution in [0.1, 0.15) is 9.67 Å². The van der Waals surface area contributed by atoms with Crippen LogP contribution in [0.15, 0.2) is 71.5 Å². The maximum absolute atomic E-state index is 13.1. The van der Waals surface area contributed by atoms with Crippen molar-refractivity contribution in [2.45, 2.75) is 0 Å². The summed E-state index contributed by atoms with van der Waals surface area (Å²) in [6, 6.07) is 20.9. The van der Waals surface area contributed by atoms with Crippen molar-refractivity contribution in [3.63, 3.8) is 0 Å². The highest BCUT2D eigenvalue weighted by Gasteiger charge is 2.21. The number of carbonyl (C=O) groups is 1. The van der Waals surface area contributed by atoms with Gasteiger partial charge in [0.05, 0.1) is 5.02 Å². The van der Waals surface area contributed by atoms with Crippen LogP contribution in [0.5, 0.6) is 0 Å². The fraction of sp³-hybridized carbons (Fsp3) is 0.0435. The zero-order chi connectivity index (χ0) is 20.1. The quantitative estimate of drug-likeness (QED) is 0.294. The standard InChI is InChI=1S/C23H14ClNO2S2/c1-25(23(27)22-20(24)14-6-2-4-8-17(14)29-22)13-10-11-19-16(12-13)21(26)15-7-3-5-9-18(15)28-19/h2-12H,1H3. The fourth-order valence-electron chi connectivity index (χ4n) is 3.42. The summed E-state index contributed by atoms with van der Waals surface area (Å²) in [6.07, 6.45) is 0. The number of benzene rings is 3. The first-order valence-electron chi connectivity index (χ1n) is 8.95. The van der Waals surface area contributed by atoms with Gasteiger partial charge in [0.15, 0.2) is 5.43 Å². The number of fused-ring (bicyclic) bond motifs is 3. The van der Waals surface area contributed by atoms with Crippen molar-refractivity contribution in [1.29, 1.82) is 0 Å². The van der Waals surface area contributed by atoms with E-state index in [1.54, 1.807) is 29.4 Å². The molecular formula is C23H14ClNO2S2. The molecule has 0 saturated carbocycles. The van der Waals surface area contributed by atoms with Gasteiger partial charge in [-0.3, -0.25) is 9.59 Å².